The number of fused-ring (bicyclic) bond motifs is 3. The molecule has 4 aromatic rings. The Bertz CT molecular complexity index is 2370. The summed E-state index contributed by atoms with van der Waals surface area (Å²) < 4.78 is 81.4. The lowest BCUT2D eigenvalue weighted by Crippen LogP contribution is -2.67. The third-order valence-electron chi connectivity index (χ3n) is 11.4. The van der Waals surface area contributed by atoms with E-state index in [1.807, 2.05) is 26.0 Å². The van der Waals surface area contributed by atoms with Gasteiger partial charge in [0, 0.05) is 0 Å². The van der Waals surface area contributed by atoms with Crippen LogP contribution in [-0.2, 0) is 51.0 Å². The Labute approximate surface area is 384 Å². The van der Waals surface area contributed by atoms with E-state index < -0.39 is 93.6 Å². The zero-order valence-corrected chi connectivity index (χ0v) is 42.4. The highest BCUT2D eigenvalue weighted by Crippen LogP contribution is 2.56. The molecule has 4 fully saturated rings. The lowest BCUT2D eigenvalue weighted by molar-refractivity contribution is -0.200. The van der Waals surface area contributed by atoms with Gasteiger partial charge in [-0.15, -0.1) is 0 Å². The zero-order valence-electron chi connectivity index (χ0n) is 38.9. The molecule has 0 saturated carbocycles. The van der Waals surface area contributed by atoms with Crippen LogP contribution >= 0.6 is 23.8 Å². The van der Waals surface area contributed by atoms with Crippen LogP contribution in [0.3, 0.4) is 0 Å². The second kappa shape index (κ2) is 16.8. The van der Waals surface area contributed by atoms with E-state index in [2.05, 4.69) is 85.2 Å². The first-order valence-electron chi connectivity index (χ1n) is 21.8. The molecule has 64 heavy (non-hydrogen) atoms. The highest BCUT2D eigenvalue weighted by atomic mass is 79.9. The van der Waals surface area contributed by atoms with Crippen molar-refractivity contribution in [2.24, 2.45) is 0 Å². The molecule has 4 aliphatic heterocycles. The van der Waals surface area contributed by atoms with Crippen LogP contribution in [0, 0.1) is 0 Å². The fourth-order valence-corrected chi connectivity index (χ4v) is 16.2. The molecule has 2 aromatic carbocycles. The molecule has 0 unspecified atom stereocenters. The number of halogens is 1. The highest BCUT2D eigenvalue weighted by molar-refractivity contribution is 9.10. The minimum Gasteiger partial charge on any atom is -0.405 e. The number of phosphoric ester groups is 1. The second-order valence-electron chi connectivity index (χ2n) is 20.8. The molecule has 2 aromatic heterocycles. The standard InChI is InChI=1S/C45H62BrN4O12PSi/c1-41(2,3)61-63(52,62-42(4,5)6)53-24-29-32-34(59-44(10,11)57-32)38(55-29)49-26-47-36-31(37(49)51)48-40(46)50(36)39-35-33(58-45(12,13)60-35)30(56-39)25-54-64(43(7,8)9,27-20-16-14-17-21-27)28-22-18-15-19-23-28/h14-23,26,29-30,32-35,38-39H,24-25H2,1-13H3/t29-,30-,32-,33-,34-,35-,38-,39-/m1/s1. The van der Waals surface area contributed by atoms with Crippen LogP contribution < -0.4 is 15.9 Å². The van der Waals surface area contributed by atoms with Gasteiger partial charge in [-0.05, 0) is 101 Å². The van der Waals surface area contributed by atoms with E-state index in [0.717, 1.165) is 10.4 Å². The molecule has 8 rings (SSSR count). The summed E-state index contributed by atoms with van der Waals surface area (Å²) >= 11 is 3.64. The van der Waals surface area contributed by atoms with Crippen molar-refractivity contribution in [3.8, 4) is 0 Å². The fraction of sp³-hybridized carbons (Fsp3) is 0.622. The van der Waals surface area contributed by atoms with Crippen molar-refractivity contribution in [1.29, 1.82) is 0 Å². The summed E-state index contributed by atoms with van der Waals surface area (Å²) in [7, 11) is -7.06. The van der Waals surface area contributed by atoms with E-state index in [-0.39, 0.29) is 29.4 Å². The van der Waals surface area contributed by atoms with E-state index in [9.17, 15) is 9.36 Å². The number of aromatic nitrogens is 4. The summed E-state index contributed by atoms with van der Waals surface area (Å²) in [5, 5.41) is 2.02. The number of phosphoric acid groups is 1. The minimum absolute atomic E-state index is 0.0550. The van der Waals surface area contributed by atoms with Gasteiger partial charge in [0.15, 0.2) is 39.9 Å². The summed E-state index contributed by atoms with van der Waals surface area (Å²) in [4.78, 5) is 24.1. The van der Waals surface area contributed by atoms with Crippen molar-refractivity contribution in [2.75, 3.05) is 13.2 Å². The van der Waals surface area contributed by atoms with Crippen LogP contribution in [0.15, 0.2) is 76.5 Å². The average Bonchev–Trinajstić information content (AvgIpc) is 3.94. The highest BCUT2D eigenvalue weighted by Gasteiger charge is 2.60. The molecule has 0 bridgehead atoms. The molecule has 4 saturated heterocycles. The molecule has 0 spiro atoms. The quantitative estimate of drug-likeness (QED) is 0.0778. The van der Waals surface area contributed by atoms with Gasteiger partial charge in [0.2, 0.25) is 0 Å². The summed E-state index contributed by atoms with van der Waals surface area (Å²) in [5.74, 6) is -1.96. The molecule has 6 heterocycles. The molecular formula is C45H62BrN4O12PSi. The molecule has 8 atom stereocenters. The van der Waals surface area contributed by atoms with Gasteiger partial charge in [-0.2, -0.15) is 0 Å². The van der Waals surface area contributed by atoms with Crippen LogP contribution in [0.2, 0.25) is 5.04 Å². The normalized spacial score (nSPS) is 28.2. The molecule has 350 valence electrons. The maximum absolute atomic E-state index is 14.6. The smallest absolute Gasteiger partial charge is 0.405 e. The first kappa shape index (κ1) is 47.8. The Morgan fingerprint density at radius 1 is 0.719 bits per heavy atom. The van der Waals surface area contributed by atoms with Crippen LogP contribution in [0.1, 0.15) is 102 Å². The lowest BCUT2D eigenvalue weighted by atomic mass is 10.1. The zero-order chi connectivity index (χ0) is 46.4. The third-order valence-corrected chi connectivity index (χ3v) is 19.0. The number of nitrogens with zero attached hydrogens (tertiary/aromatic N) is 4. The van der Waals surface area contributed by atoms with Gasteiger partial charge < -0.3 is 32.8 Å². The van der Waals surface area contributed by atoms with E-state index in [4.69, 9.17) is 56.4 Å². The molecule has 0 amide bonds. The number of rotatable bonds is 12. The molecule has 0 aliphatic carbocycles. The summed E-state index contributed by atoms with van der Waals surface area (Å²) in [6.07, 6.45) is -4.41. The van der Waals surface area contributed by atoms with Gasteiger partial charge in [0.25, 0.3) is 13.9 Å². The largest absolute Gasteiger partial charge is 0.475 e. The average molecular weight is 990 g/mol. The fourth-order valence-electron chi connectivity index (χ4n) is 9.26. The maximum atomic E-state index is 14.6. The molecular weight excluding hydrogens is 927 g/mol. The summed E-state index contributed by atoms with van der Waals surface area (Å²) in [5.41, 5.74) is -1.87. The maximum Gasteiger partial charge on any atom is 0.475 e. The molecule has 16 nitrogen and oxygen atoms in total. The van der Waals surface area contributed by atoms with E-state index in [1.54, 1.807) is 60.0 Å². The van der Waals surface area contributed by atoms with Crippen LogP contribution in [0.25, 0.3) is 11.2 Å². The van der Waals surface area contributed by atoms with Gasteiger partial charge in [-0.25, -0.2) is 14.5 Å². The Kier molecular flexibility index (Phi) is 12.6. The number of hydrogen-bond donors (Lipinski definition) is 0. The van der Waals surface area contributed by atoms with E-state index in [0.29, 0.717) is 4.73 Å². The second-order valence-corrected chi connectivity index (χ2v) is 27.3. The molecule has 19 heteroatoms. The topological polar surface area (TPSA) is 162 Å². The Balaban J connectivity index is 1.09. The SMILES string of the molecule is CC(C)(C)OP(=O)(OC[C@H]1O[C@@H](n2cnc3c(nc(Br)n3[C@@H]3O[C@H](CO[Si](c4ccccc4)(c4ccccc4)C(C)(C)C)[C@H]4OC(C)(C)O[C@H]43)c2=O)[C@@H]2OC(C)(C)O[C@@H]21)OC(C)(C)C. The lowest BCUT2D eigenvalue weighted by Gasteiger charge is -2.43. The van der Waals surface area contributed by atoms with Gasteiger partial charge in [-0.1, -0.05) is 81.4 Å². The van der Waals surface area contributed by atoms with Crippen LogP contribution in [0.5, 0.6) is 0 Å². The first-order chi connectivity index (χ1) is 29.7. The van der Waals surface area contributed by atoms with Crippen molar-refractivity contribution < 1.29 is 51.0 Å². The number of benzene rings is 2. The number of hydrogen-bond acceptors (Lipinski definition) is 14. The molecule has 0 N–H and O–H groups in total. The Morgan fingerprint density at radius 3 is 1.69 bits per heavy atom. The predicted octanol–water partition coefficient (Wildman–Crippen LogP) is 7.52. The van der Waals surface area contributed by atoms with Crippen molar-refractivity contribution in [1.82, 2.24) is 19.1 Å². The predicted molar refractivity (Wildman–Crippen MR) is 244 cm³/mol. The van der Waals surface area contributed by atoms with E-state index in [1.165, 1.54) is 10.9 Å². The van der Waals surface area contributed by atoms with Gasteiger partial charge in [0.05, 0.1) is 24.4 Å². The first-order valence-corrected chi connectivity index (χ1v) is 25.9. The Morgan fingerprint density at radius 2 is 1.19 bits per heavy atom. The number of imidazole rings is 1. The molecule has 0 radical (unpaired) electrons. The van der Waals surface area contributed by atoms with Crippen molar-refractivity contribution in [3.63, 3.8) is 0 Å². The van der Waals surface area contributed by atoms with E-state index >= 15 is 0 Å². The van der Waals surface area contributed by atoms with Gasteiger partial charge in [0.1, 0.15) is 43.0 Å². The summed E-state index contributed by atoms with van der Waals surface area (Å²) in [6, 6.07) is 20.9. The van der Waals surface area contributed by atoms with Crippen LogP contribution in [0.4, 0.5) is 0 Å². The Hall–Kier alpha value is -2.68. The summed E-state index contributed by atoms with van der Waals surface area (Å²) in [6.45, 7) is 24.5. The van der Waals surface area contributed by atoms with Gasteiger partial charge in [-0.3, -0.25) is 27.5 Å². The minimum atomic E-state index is -4.11. The monoisotopic (exact) mass is 988 g/mol. The third kappa shape index (κ3) is 9.30. The molecule has 4 aliphatic rings. The number of ether oxygens (including phenoxy) is 6. The van der Waals surface area contributed by atoms with Crippen molar-refractivity contribution in [2.45, 2.75) is 167 Å². The van der Waals surface area contributed by atoms with Gasteiger partial charge >= 0.3 is 7.82 Å². The van der Waals surface area contributed by atoms with Crippen molar-refractivity contribution >= 4 is 53.6 Å². The van der Waals surface area contributed by atoms with Crippen LogP contribution in [-0.4, -0.2) is 100 Å². The van der Waals surface area contributed by atoms with Crippen molar-refractivity contribution in [3.05, 3.63) is 82.1 Å².